The molecule has 9 rings (SSSR count). The lowest BCUT2D eigenvalue weighted by Crippen LogP contribution is -2.47. The summed E-state index contributed by atoms with van der Waals surface area (Å²) in [6, 6.07) is 25.3. The first kappa shape index (κ1) is 43.1. The standard InChI is InChI=1S/C47H45Cl2N7O7S/c1-47(2)15-13-32(39(25-47)29-3-7-33(48)8-4-29)27-54-17-19-55(20-18-54)35-11-12-38(42(22-35)63-36-21-31-14-16-50-45(31)51-26-36)46(57)53-64(60,61)37-23-41(56(58)59)44-43(24-37)62-28-40(52-44)30-5-9-34(49)10-6-30/h3-12,14,16,21-24,26,40,52H,13,15,17-20,25,27-28H2,1-2H3,(H,50,51)(H,53,57)/t40-/m0/s1. The summed E-state index contributed by atoms with van der Waals surface area (Å²) < 4.78 is 42.1. The number of ether oxygens (including phenoxy) is 2. The molecule has 1 atom stereocenters. The molecule has 1 aliphatic carbocycles. The van der Waals surface area contributed by atoms with Crippen molar-refractivity contribution in [3.8, 4) is 17.2 Å². The van der Waals surface area contributed by atoms with Gasteiger partial charge < -0.3 is 24.7 Å². The molecule has 1 saturated heterocycles. The van der Waals surface area contributed by atoms with Gasteiger partial charge in [-0.15, -0.1) is 0 Å². The van der Waals surface area contributed by atoms with Crippen molar-refractivity contribution in [1.29, 1.82) is 0 Å². The van der Waals surface area contributed by atoms with Crippen molar-refractivity contribution in [2.75, 3.05) is 49.5 Å². The second-order valence-corrected chi connectivity index (χ2v) is 19.7. The summed E-state index contributed by atoms with van der Waals surface area (Å²) in [4.78, 5) is 37.3. The highest BCUT2D eigenvalue weighted by Gasteiger charge is 2.33. The van der Waals surface area contributed by atoms with Gasteiger partial charge in [0.2, 0.25) is 0 Å². The van der Waals surface area contributed by atoms with E-state index in [4.69, 9.17) is 32.7 Å². The number of piperazine rings is 1. The molecule has 4 heterocycles. The second-order valence-electron chi connectivity index (χ2n) is 17.1. The lowest BCUT2D eigenvalue weighted by Gasteiger charge is -2.39. The summed E-state index contributed by atoms with van der Waals surface area (Å²) in [5, 5.41) is 17.4. The maximum Gasteiger partial charge on any atom is 0.297 e. The molecule has 17 heteroatoms. The van der Waals surface area contributed by atoms with Gasteiger partial charge in [-0.3, -0.25) is 19.8 Å². The number of nitro groups is 1. The molecule has 330 valence electrons. The first-order chi connectivity index (χ1) is 30.7. The van der Waals surface area contributed by atoms with Crippen molar-refractivity contribution in [3.63, 3.8) is 0 Å². The number of benzene rings is 4. The average Bonchev–Trinajstić information content (AvgIpc) is 3.75. The highest BCUT2D eigenvalue weighted by molar-refractivity contribution is 7.90. The van der Waals surface area contributed by atoms with Gasteiger partial charge in [-0.05, 0) is 89.9 Å². The van der Waals surface area contributed by atoms with E-state index in [9.17, 15) is 23.3 Å². The predicted molar refractivity (Wildman–Crippen MR) is 248 cm³/mol. The number of nitrogens with zero attached hydrogens (tertiary/aromatic N) is 4. The van der Waals surface area contributed by atoms with Crippen LogP contribution in [0.2, 0.25) is 10.0 Å². The molecule has 6 aromatic rings. The molecule has 3 N–H and O–H groups in total. The average molecular weight is 923 g/mol. The molecule has 2 aromatic heterocycles. The number of H-pyrrole nitrogens is 1. The van der Waals surface area contributed by atoms with Crippen molar-refractivity contribution in [1.82, 2.24) is 19.6 Å². The molecule has 0 radical (unpaired) electrons. The summed E-state index contributed by atoms with van der Waals surface area (Å²) in [5.74, 6) is -0.609. The number of allylic oxidation sites excluding steroid dienone is 1. The summed E-state index contributed by atoms with van der Waals surface area (Å²) in [7, 11) is -4.68. The number of aromatic nitrogens is 2. The van der Waals surface area contributed by atoms with Crippen LogP contribution < -0.4 is 24.4 Å². The van der Waals surface area contributed by atoms with Gasteiger partial charge in [0.1, 0.15) is 23.8 Å². The Morgan fingerprint density at radius 1 is 0.984 bits per heavy atom. The Bertz CT molecular complexity index is 2910. The number of nitro benzene ring substituents is 1. The SMILES string of the molecule is CC1(C)CCC(CN2CCN(c3ccc(C(=O)NS(=O)(=O)c4cc5c(c([N+](=O)[O-])c4)N[C@H](c4ccc(Cl)cc4)CO5)c(Oc4cnc5[nH]ccc5c4)c3)CC2)=C(c2ccc(Cl)cc2)C1. The number of hydrogen-bond donors (Lipinski definition) is 3. The van der Waals surface area contributed by atoms with E-state index in [0.717, 1.165) is 72.7 Å². The summed E-state index contributed by atoms with van der Waals surface area (Å²) >= 11 is 12.3. The fraction of sp³-hybridized carbons (Fsp3) is 0.277. The van der Waals surface area contributed by atoms with E-state index >= 15 is 0 Å². The van der Waals surface area contributed by atoms with E-state index in [-0.39, 0.29) is 34.8 Å². The normalized spacial score (nSPS) is 17.6. The van der Waals surface area contributed by atoms with Gasteiger partial charge >= 0.3 is 0 Å². The highest BCUT2D eigenvalue weighted by atomic mass is 35.5. The van der Waals surface area contributed by atoms with Crippen LogP contribution in [0.5, 0.6) is 17.2 Å². The van der Waals surface area contributed by atoms with Crippen molar-refractivity contribution in [2.45, 2.75) is 44.0 Å². The molecule has 64 heavy (non-hydrogen) atoms. The second kappa shape index (κ2) is 17.4. The number of anilines is 2. The van der Waals surface area contributed by atoms with Gasteiger partial charge in [-0.1, -0.05) is 66.9 Å². The van der Waals surface area contributed by atoms with Crippen LogP contribution in [-0.4, -0.2) is 73.4 Å². The smallest absolute Gasteiger partial charge is 0.297 e. The van der Waals surface area contributed by atoms with E-state index in [2.05, 4.69) is 55.8 Å². The van der Waals surface area contributed by atoms with Crippen LogP contribution in [0.15, 0.2) is 114 Å². The Hall–Kier alpha value is -6.13. The van der Waals surface area contributed by atoms with E-state index in [1.54, 1.807) is 48.7 Å². The molecular weight excluding hydrogens is 878 g/mol. The number of nitrogens with one attached hydrogen (secondary N) is 3. The fourth-order valence-electron chi connectivity index (χ4n) is 8.61. The van der Waals surface area contributed by atoms with Crippen LogP contribution in [0, 0.1) is 15.5 Å². The quantitative estimate of drug-likeness (QED) is 0.0834. The minimum Gasteiger partial charge on any atom is -0.489 e. The highest BCUT2D eigenvalue weighted by Crippen LogP contribution is 2.45. The Balaban J connectivity index is 0.953. The number of pyridine rings is 1. The van der Waals surface area contributed by atoms with Gasteiger partial charge in [-0.25, -0.2) is 18.1 Å². The van der Waals surface area contributed by atoms with E-state index in [1.165, 1.54) is 29.0 Å². The van der Waals surface area contributed by atoms with Crippen molar-refractivity contribution in [3.05, 3.63) is 146 Å². The van der Waals surface area contributed by atoms with Crippen LogP contribution in [0.3, 0.4) is 0 Å². The third kappa shape index (κ3) is 9.25. The number of carbonyl (C=O) groups excluding carboxylic acids is 1. The number of amides is 1. The Kier molecular flexibility index (Phi) is 11.8. The summed E-state index contributed by atoms with van der Waals surface area (Å²) in [5.41, 5.74) is 5.91. The molecule has 0 spiro atoms. The molecule has 1 amide bonds. The monoisotopic (exact) mass is 921 g/mol. The van der Waals surface area contributed by atoms with Gasteiger partial charge in [0.25, 0.3) is 21.6 Å². The molecule has 2 aliphatic heterocycles. The molecule has 0 saturated carbocycles. The number of rotatable bonds is 11. The van der Waals surface area contributed by atoms with Gasteiger partial charge in [-0.2, -0.15) is 0 Å². The van der Waals surface area contributed by atoms with E-state index in [0.29, 0.717) is 29.5 Å². The minimum atomic E-state index is -4.68. The third-order valence-corrected chi connectivity index (χ3v) is 13.9. The number of aromatic amines is 1. The maximum atomic E-state index is 14.0. The Labute approximate surface area is 380 Å². The van der Waals surface area contributed by atoms with Crippen LogP contribution in [0.25, 0.3) is 16.6 Å². The third-order valence-electron chi connectivity index (χ3n) is 12.1. The van der Waals surface area contributed by atoms with Crippen molar-refractivity contribution in [2.24, 2.45) is 5.41 Å². The van der Waals surface area contributed by atoms with Crippen molar-refractivity contribution >= 4 is 72.8 Å². The zero-order valence-corrected chi connectivity index (χ0v) is 37.4. The number of fused-ring (bicyclic) bond motifs is 2. The van der Waals surface area contributed by atoms with Gasteiger partial charge in [0.05, 0.1) is 27.6 Å². The molecule has 0 unspecified atom stereocenters. The summed E-state index contributed by atoms with van der Waals surface area (Å²) in [6.07, 6.45) is 6.43. The van der Waals surface area contributed by atoms with Crippen LogP contribution in [-0.2, 0) is 10.0 Å². The Morgan fingerprint density at radius 2 is 1.72 bits per heavy atom. The van der Waals surface area contributed by atoms with Gasteiger partial charge in [0, 0.05) is 78.2 Å². The maximum absolute atomic E-state index is 14.0. The topological polar surface area (TPSA) is 172 Å². The van der Waals surface area contributed by atoms with Gasteiger partial charge in [0.15, 0.2) is 11.4 Å². The number of halogens is 2. The van der Waals surface area contributed by atoms with Crippen LogP contribution in [0.4, 0.5) is 17.1 Å². The molecule has 4 aromatic carbocycles. The van der Waals surface area contributed by atoms with Crippen LogP contribution >= 0.6 is 23.2 Å². The van der Waals surface area contributed by atoms with Crippen LogP contribution in [0.1, 0.15) is 60.6 Å². The molecule has 1 fully saturated rings. The largest absolute Gasteiger partial charge is 0.489 e. The lowest BCUT2D eigenvalue weighted by molar-refractivity contribution is -0.384. The predicted octanol–water partition coefficient (Wildman–Crippen LogP) is 10.0. The zero-order valence-electron chi connectivity index (χ0n) is 35.1. The molecule has 3 aliphatic rings. The van der Waals surface area contributed by atoms with E-state index in [1.807, 2.05) is 18.2 Å². The number of sulfonamides is 1. The first-order valence-electron chi connectivity index (χ1n) is 20.9. The zero-order chi connectivity index (χ0) is 44.8. The molecular formula is C47H45Cl2N7O7S. The number of hydrogen-bond acceptors (Lipinski definition) is 11. The Morgan fingerprint density at radius 3 is 2.45 bits per heavy atom. The first-order valence-corrected chi connectivity index (χ1v) is 23.2. The lowest BCUT2D eigenvalue weighted by atomic mass is 9.72. The van der Waals surface area contributed by atoms with Crippen molar-refractivity contribution < 1.29 is 27.6 Å². The summed E-state index contributed by atoms with van der Waals surface area (Å²) in [6.45, 7) is 8.61. The fourth-order valence-corrected chi connectivity index (χ4v) is 9.87. The minimum absolute atomic E-state index is 0.0133. The molecule has 14 nitrogen and oxygen atoms in total. The van der Waals surface area contributed by atoms with E-state index < -0.39 is 37.5 Å². The molecule has 0 bridgehead atoms. The number of carbonyl (C=O) groups is 1.